The second-order valence-electron chi connectivity index (χ2n) is 5.13. The first-order valence-corrected chi connectivity index (χ1v) is 6.70. The number of carbonyl (C=O) groups excluding carboxylic acids is 1. The van der Waals surface area contributed by atoms with Gasteiger partial charge in [0.05, 0.1) is 39.6 Å². The second kappa shape index (κ2) is 11.2. The smallest absolute Gasteiger partial charge is 0.225 e. The fraction of sp³-hybridized carbons (Fsp3) is 0.923. The molecule has 0 spiro atoms. The van der Waals surface area contributed by atoms with Gasteiger partial charge in [0.2, 0.25) is 5.91 Å². The van der Waals surface area contributed by atoms with Gasteiger partial charge >= 0.3 is 0 Å². The summed E-state index contributed by atoms with van der Waals surface area (Å²) in [5.41, 5.74) is 4.92. The summed E-state index contributed by atoms with van der Waals surface area (Å²) in [4.78, 5) is 11.5. The Morgan fingerprint density at radius 3 is 1.95 bits per heavy atom. The molecule has 0 saturated heterocycles. The summed E-state index contributed by atoms with van der Waals surface area (Å²) in [6, 6.07) is 0. The highest BCUT2D eigenvalue weighted by Gasteiger charge is 2.20. The number of hydrogen-bond acceptors (Lipinski definition) is 5. The Labute approximate surface area is 118 Å². The van der Waals surface area contributed by atoms with E-state index >= 15 is 0 Å². The molecule has 0 aromatic carbocycles. The van der Waals surface area contributed by atoms with Gasteiger partial charge in [-0.25, -0.2) is 0 Å². The zero-order valence-corrected chi connectivity index (χ0v) is 12.4. The Morgan fingerprint density at radius 1 is 1.00 bits per heavy atom. The minimum atomic E-state index is -0.355. The molecule has 0 saturated carbocycles. The van der Waals surface area contributed by atoms with Crippen LogP contribution in [0.5, 0.6) is 0 Å². The van der Waals surface area contributed by atoms with Crippen LogP contribution in [0.15, 0.2) is 0 Å². The van der Waals surface area contributed by atoms with E-state index in [1.165, 1.54) is 0 Å². The Bertz CT molecular complexity index is 239. The first-order chi connectivity index (χ1) is 8.98. The first-order valence-electron chi connectivity index (χ1n) is 6.70. The summed E-state index contributed by atoms with van der Waals surface area (Å²) < 4.78 is 15.8. The number of hydrogen-bond donors (Lipinski definition) is 2. The summed E-state index contributed by atoms with van der Waals surface area (Å²) in [7, 11) is 0. The van der Waals surface area contributed by atoms with Crippen LogP contribution in [0.2, 0.25) is 0 Å². The van der Waals surface area contributed by atoms with Crippen molar-refractivity contribution in [3.05, 3.63) is 0 Å². The minimum absolute atomic E-state index is 0. The van der Waals surface area contributed by atoms with Crippen LogP contribution in [0.25, 0.3) is 0 Å². The van der Waals surface area contributed by atoms with Gasteiger partial charge in [0.1, 0.15) is 0 Å². The Morgan fingerprint density at radius 2 is 1.47 bits per heavy atom. The standard InChI is InChI=1S/C13H28N2O4.2H2/c1-13(2,3)12(16)15-5-7-18-9-11-19-10-8-17-6-4-14;;/h4-11,14H2,1-3H3,(H,15,16);2*1H. The molecule has 3 N–H and O–H groups in total. The molecule has 118 valence electrons. The molecule has 0 atom stereocenters. The second-order valence-corrected chi connectivity index (χ2v) is 5.13. The van der Waals surface area contributed by atoms with Crippen LogP contribution >= 0.6 is 0 Å². The van der Waals surface area contributed by atoms with Gasteiger partial charge in [-0.1, -0.05) is 20.8 Å². The molecule has 0 fully saturated rings. The maximum absolute atomic E-state index is 11.5. The lowest BCUT2D eigenvalue weighted by Gasteiger charge is -2.17. The third-order valence-corrected chi connectivity index (χ3v) is 2.22. The van der Waals surface area contributed by atoms with E-state index in [1.807, 2.05) is 20.8 Å². The van der Waals surface area contributed by atoms with E-state index in [-0.39, 0.29) is 14.2 Å². The van der Waals surface area contributed by atoms with Crippen molar-refractivity contribution in [3.8, 4) is 0 Å². The number of amides is 1. The quantitative estimate of drug-likeness (QED) is 0.543. The molecule has 0 heterocycles. The number of nitrogens with one attached hydrogen (secondary N) is 1. The van der Waals surface area contributed by atoms with Crippen molar-refractivity contribution >= 4 is 5.91 Å². The van der Waals surface area contributed by atoms with Crippen LogP contribution < -0.4 is 11.1 Å². The molecule has 0 aliphatic heterocycles. The van der Waals surface area contributed by atoms with Gasteiger partial charge in [-0.05, 0) is 0 Å². The molecule has 0 aliphatic carbocycles. The number of nitrogens with two attached hydrogens (primary N) is 1. The molecule has 0 aromatic rings. The highest BCUT2D eigenvalue weighted by Crippen LogP contribution is 2.11. The summed E-state index contributed by atoms with van der Waals surface area (Å²) in [5.74, 6) is 0.0319. The Balaban J connectivity index is -0.00000162. The van der Waals surface area contributed by atoms with Crippen LogP contribution in [0, 0.1) is 5.41 Å². The Hall–Kier alpha value is -0.690. The minimum Gasteiger partial charge on any atom is -0.378 e. The van der Waals surface area contributed by atoms with Crippen molar-refractivity contribution in [1.82, 2.24) is 5.32 Å². The van der Waals surface area contributed by atoms with E-state index in [2.05, 4.69) is 5.32 Å². The van der Waals surface area contributed by atoms with Gasteiger partial charge in [-0.15, -0.1) is 0 Å². The van der Waals surface area contributed by atoms with Gasteiger partial charge in [0.15, 0.2) is 0 Å². The summed E-state index contributed by atoms with van der Waals surface area (Å²) in [6.07, 6.45) is 0. The van der Waals surface area contributed by atoms with Crippen molar-refractivity contribution in [1.29, 1.82) is 0 Å². The van der Waals surface area contributed by atoms with E-state index in [0.29, 0.717) is 52.7 Å². The van der Waals surface area contributed by atoms with Gasteiger partial charge in [0.25, 0.3) is 0 Å². The molecule has 6 nitrogen and oxygen atoms in total. The predicted octanol–water partition coefficient (Wildman–Crippen LogP) is 0.649. The maximum Gasteiger partial charge on any atom is 0.225 e. The topological polar surface area (TPSA) is 82.8 Å². The van der Waals surface area contributed by atoms with Crippen molar-refractivity contribution in [2.24, 2.45) is 11.1 Å². The lowest BCUT2D eigenvalue weighted by molar-refractivity contribution is -0.128. The van der Waals surface area contributed by atoms with Crippen LogP contribution in [0.1, 0.15) is 23.6 Å². The van der Waals surface area contributed by atoms with Gasteiger partial charge in [0, 0.05) is 21.4 Å². The van der Waals surface area contributed by atoms with E-state index in [0.717, 1.165) is 0 Å². The van der Waals surface area contributed by atoms with Gasteiger partial charge in [-0.3, -0.25) is 4.79 Å². The van der Waals surface area contributed by atoms with Crippen LogP contribution in [-0.4, -0.2) is 58.6 Å². The van der Waals surface area contributed by atoms with Crippen LogP contribution in [0.3, 0.4) is 0 Å². The normalized spacial score (nSPS) is 11.6. The largest absolute Gasteiger partial charge is 0.378 e. The van der Waals surface area contributed by atoms with E-state index < -0.39 is 0 Å². The molecule has 0 rings (SSSR count). The zero-order valence-electron chi connectivity index (χ0n) is 12.4. The average molecular weight is 280 g/mol. The third-order valence-electron chi connectivity index (χ3n) is 2.22. The number of carbonyl (C=O) groups is 1. The lowest BCUT2D eigenvalue weighted by atomic mass is 9.96. The molecule has 0 aromatic heterocycles. The molecule has 19 heavy (non-hydrogen) atoms. The molecule has 6 heteroatoms. The molecule has 0 aliphatic rings. The molecule has 0 bridgehead atoms. The highest BCUT2D eigenvalue weighted by molar-refractivity contribution is 5.81. The fourth-order valence-electron chi connectivity index (χ4n) is 1.13. The van der Waals surface area contributed by atoms with Gasteiger partial charge in [-0.2, -0.15) is 0 Å². The van der Waals surface area contributed by atoms with Crippen molar-refractivity contribution in [2.75, 3.05) is 52.7 Å². The predicted molar refractivity (Wildman–Crippen MR) is 78.2 cm³/mol. The molecule has 0 radical (unpaired) electrons. The lowest BCUT2D eigenvalue weighted by Crippen LogP contribution is -2.36. The van der Waals surface area contributed by atoms with Crippen molar-refractivity contribution in [3.63, 3.8) is 0 Å². The van der Waals surface area contributed by atoms with Crippen molar-refractivity contribution < 1.29 is 21.9 Å². The third kappa shape index (κ3) is 12.1. The summed E-state index contributed by atoms with van der Waals surface area (Å²) >= 11 is 0. The monoisotopic (exact) mass is 280 g/mol. The molecular formula is C13H32N2O4. The molecule has 1 amide bonds. The first kappa shape index (κ1) is 18.3. The van der Waals surface area contributed by atoms with Crippen LogP contribution in [-0.2, 0) is 19.0 Å². The van der Waals surface area contributed by atoms with Gasteiger partial charge < -0.3 is 25.3 Å². The Kier molecular flexibility index (Phi) is 10.8. The SMILES string of the molecule is CC(C)(C)C(=O)NCCOCCOCCOCCN.[HH].[HH]. The maximum atomic E-state index is 11.5. The highest BCUT2D eigenvalue weighted by atomic mass is 16.5. The van der Waals surface area contributed by atoms with E-state index in [9.17, 15) is 4.79 Å². The number of rotatable bonds is 11. The van der Waals surface area contributed by atoms with Crippen LogP contribution in [0.4, 0.5) is 0 Å². The number of ether oxygens (including phenoxy) is 3. The summed E-state index contributed by atoms with van der Waals surface area (Å²) in [5, 5.41) is 2.81. The molecule has 0 unspecified atom stereocenters. The average Bonchev–Trinajstić information content (AvgIpc) is 2.34. The molecular weight excluding hydrogens is 248 g/mol. The van der Waals surface area contributed by atoms with Crippen molar-refractivity contribution in [2.45, 2.75) is 20.8 Å². The zero-order chi connectivity index (χ0) is 14.6. The fourth-order valence-corrected chi connectivity index (χ4v) is 1.13. The van der Waals surface area contributed by atoms with E-state index in [1.54, 1.807) is 0 Å². The summed E-state index contributed by atoms with van der Waals surface area (Å²) in [6.45, 7) is 9.89. The van der Waals surface area contributed by atoms with E-state index in [4.69, 9.17) is 19.9 Å².